The van der Waals surface area contributed by atoms with Crippen LogP contribution in [0.3, 0.4) is 0 Å². The Kier molecular flexibility index (Phi) is 11.4. The van der Waals surface area contributed by atoms with E-state index in [0.29, 0.717) is 24.0 Å². The minimum atomic E-state index is -4.16. The predicted octanol–water partition coefficient (Wildman–Crippen LogP) is 1.18. The Balaban J connectivity index is 3.82. The molecule has 0 saturated heterocycles. The van der Waals surface area contributed by atoms with E-state index < -0.39 is 22.0 Å². The first kappa shape index (κ1) is 23.3. The Morgan fingerprint density at radius 3 is 2.33 bits per heavy atom. The number of likely N-dealkylation sites (N-methyl/N-ethyl adjacent to an activating group) is 1. The van der Waals surface area contributed by atoms with Crippen LogP contribution in [0.2, 0.25) is 0 Å². The molecule has 0 saturated carbocycles. The van der Waals surface area contributed by atoms with Crippen LogP contribution in [0.4, 0.5) is 0 Å². The molecule has 0 aliphatic heterocycles. The fraction of sp³-hybridized carbons (Fsp3) is 0.938. The fourth-order valence-electron chi connectivity index (χ4n) is 2.67. The minimum absolute atomic E-state index is 0.0724. The van der Waals surface area contributed by atoms with Crippen LogP contribution in [0, 0.1) is 0 Å². The van der Waals surface area contributed by atoms with Gasteiger partial charge in [0.1, 0.15) is 18.4 Å². The number of aliphatic hydroxyl groups excluding tert-OH is 1. The Morgan fingerprint density at radius 2 is 1.75 bits per heavy atom. The molecular weight excluding hydrogens is 332 g/mol. The van der Waals surface area contributed by atoms with Crippen LogP contribution in [0.5, 0.6) is 0 Å². The Morgan fingerprint density at radius 1 is 1.12 bits per heavy atom. The molecule has 0 fully saturated rings. The number of unbranched alkanes of at least 4 members (excludes halogenated alkanes) is 4. The van der Waals surface area contributed by atoms with Crippen molar-refractivity contribution in [1.29, 1.82) is 0 Å². The number of quaternary nitrogens is 1. The van der Waals surface area contributed by atoms with Crippen LogP contribution < -0.4 is 5.32 Å². The van der Waals surface area contributed by atoms with Crippen molar-refractivity contribution in [3.05, 3.63) is 0 Å². The quantitative estimate of drug-likeness (QED) is 0.243. The summed E-state index contributed by atoms with van der Waals surface area (Å²) in [5.41, 5.74) is 0. The van der Waals surface area contributed by atoms with Gasteiger partial charge in [0.25, 0.3) is 10.1 Å². The number of nitrogens with zero attached hydrogens (tertiary/aromatic N) is 1. The molecule has 0 radical (unpaired) electrons. The van der Waals surface area contributed by atoms with E-state index >= 15 is 0 Å². The van der Waals surface area contributed by atoms with Gasteiger partial charge in [-0.05, 0) is 6.42 Å². The summed E-state index contributed by atoms with van der Waals surface area (Å²) in [6.45, 7) is 3.66. The van der Waals surface area contributed by atoms with Crippen LogP contribution in [0.25, 0.3) is 0 Å². The maximum absolute atomic E-state index is 11.7. The number of carbonyl (C=O) groups is 1. The van der Waals surface area contributed by atoms with Gasteiger partial charge in [-0.15, -0.1) is 0 Å². The van der Waals surface area contributed by atoms with E-state index in [4.69, 9.17) is 4.55 Å². The van der Waals surface area contributed by atoms with Crippen LogP contribution in [0.1, 0.15) is 51.9 Å². The molecule has 0 heterocycles. The van der Waals surface area contributed by atoms with Crippen LogP contribution in [0.15, 0.2) is 0 Å². The summed E-state index contributed by atoms with van der Waals surface area (Å²) in [4.78, 5) is 11.7. The Labute approximate surface area is 146 Å². The number of rotatable bonds is 14. The van der Waals surface area contributed by atoms with Crippen LogP contribution in [-0.2, 0) is 14.9 Å². The summed E-state index contributed by atoms with van der Waals surface area (Å²) in [7, 11) is -0.409. The molecular formula is C16H35N2O5S+. The van der Waals surface area contributed by atoms with Crippen LogP contribution in [-0.4, -0.2) is 74.1 Å². The highest BCUT2D eigenvalue weighted by atomic mass is 32.2. The third-order valence-electron chi connectivity index (χ3n) is 3.88. The average Bonchev–Trinajstić information content (AvgIpc) is 2.40. The molecule has 0 aromatic rings. The van der Waals surface area contributed by atoms with E-state index in [0.717, 1.165) is 19.3 Å². The van der Waals surface area contributed by atoms with Crippen molar-refractivity contribution in [2.24, 2.45) is 0 Å². The molecule has 1 unspecified atom stereocenters. The minimum Gasteiger partial charge on any atom is -0.386 e. The molecule has 0 spiro atoms. The van der Waals surface area contributed by atoms with Crippen molar-refractivity contribution in [2.45, 2.75) is 58.0 Å². The standard InChI is InChI=1S/C16H34N2O5S/c1-4-5-6-7-8-10-16(20)17-11-9-12-18(2,3)13-15(19)14-24(21,22)23/h15,19H,4-14H2,1-3H3,(H-,17,20,21,22,23)/p+1. The Hall–Kier alpha value is -0.700. The van der Waals surface area contributed by atoms with Gasteiger partial charge in [0.15, 0.2) is 0 Å². The van der Waals surface area contributed by atoms with E-state index in [1.807, 2.05) is 14.1 Å². The molecule has 8 heteroatoms. The van der Waals surface area contributed by atoms with Crippen molar-refractivity contribution in [2.75, 3.05) is 39.5 Å². The van der Waals surface area contributed by atoms with Gasteiger partial charge in [-0.2, -0.15) is 8.42 Å². The summed E-state index contributed by atoms with van der Waals surface area (Å²) in [6, 6.07) is 0. The largest absolute Gasteiger partial charge is 0.386 e. The highest BCUT2D eigenvalue weighted by molar-refractivity contribution is 7.85. The molecule has 1 amide bonds. The van der Waals surface area contributed by atoms with E-state index in [9.17, 15) is 18.3 Å². The van der Waals surface area contributed by atoms with Gasteiger partial charge in [0.2, 0.25) is 5.91 Å². The van der Waals surface area contributed by atoms with Crippen molar-refractivity contribution in [3.63, 3.8) is 0 Å². The second-order valence-corrected chi connectivity index (χ2v) is 8.61. The van der Waals surface area contributed by atoms with Crippen molar-refractivity contribution in [1.82, 2.24) is 5.32 Å². The third kappa shape index (κ3) is 14.9. The highest BCUT2D eigenvalue weighted by Gasteiger charge is 2.23. The van der Waals surface area contributed by atoms with Gasteiger partial charge in [-0.1, -0.05) is 32.6 Å². The molecule has 1 atom stereocenters. The number of aliphatic hydroxyl groups is 1. The SMILES string of the molecule is CCCCCCCC(=O)NCCC[N+](C)(C)CC(O)CS(=O)(=O)O. The summed E-state index contributed by atoms with van der Waals surface area (Å²) in [6.07, 6.45) is 5.82. The normalized spacial score (nSPS) is 13.7. The van der Waals surface area contributed by atoms with Crippen molar-refractivity contribution in [3.8, 4) is 0 Å². The van der Waals surface area contributed by atoms with E-state index in [1.165, 1.54) is 19.3 Å². The molecule has 0 aliphatic carbocycles. The van der Waals surface area contributed by atoms with Crippen molar-refractivity contribution >= 4 is 16.0 Å². The molecule has 7 nitrogen and oxygen atoms in total. The number of carbonyl (C=O) groups excluding carboxylic acids is 1. The molecule has 0 aromatic heterocycles. The summed E-state index contributed by atoms with van der Waals surface area (Å²) in [5, 5.41) is 12.6. The van der Waals surface area contributed by atoms with Gasteiger partial charge in [0, 0.05) is 19.4 Å². The second-order valence-electron chi connectivity index (χ2n) is 7.11. The molecule has 144 valence electrons. The average molecular weight is 368 g/mol. The fourth-order valence-corrected chi connectivity index (χ4v) is 3.26. The van der Waals surface area contributed by atoms with Gasteiger partial charge >= 0.3 is 0 Å². The molecule has 0 aromatic carbocycles. The predicted molar refractivity (Wildman–Crippen MR) is 95.3 cm³/mol. The summed E-state index contributed by atoms with van der Waals surface area (Å²) >= 11 is 0. The lowest BCUT2D eigenvalue weighted by Gasteiger charge is -2.31. The van der Waals surface area contributed by atoms with E-state index in [-0.39, 0.29) is 12.5 Å². The lowest BCUT2D eigenvalue weighted by molar-refractivity contribution is -0.893. The highest BCUT2D eigenvalue weighted by Crippen LogP contribution is 2.05. The first-order valence-electron chi connectivity index (χ1n) is 8.77. The zero-order valence-corrected chi connectivity index (χ0v) is 16.1. The number of hydrogen-bond acceptors (Lipinski definition) is 4. The van der Waals surface area contributed by atoms with Crippen LogP contribution >= 0.6 is 0 Å². The second kappa shape index (κ2) is 11.8. The lowest BCUT2D eigenvalue weighted by Crippen LogP contribution is -2.48. The van der Waals surface area contributed by atoms with E-state index in [2.05, 4.69) is 12.2 Å². The van der Waals surface area contributed by atoms with Gasteiger partial charge in [0.05, 0.1) is 20.6 Å². The third-order valence-corrected chi connectivity index (χ3v) is 4.68. The smallest absolute Gasteiger partial charge is 0.267 e. The Bertz CT molecular complexity index is 451. The van der Waals surface area contributed by atoms with Crippen molar-refractivity contribution < 1.29 is 27.4 Å². The first-order valence-corrected chi connectivity index (χ1v) is 10.4. The molecule has 0 rings (SSSR count). The lowest BCUT2D eigenvalue weighted by atomic mass is 10.1. The number of hydrogen-bond donors (Lipinski definition) is 3. The monoisotopic (exact) mass is 367 g/mol. The first-order chi connectivity index (χ1) is 11.1. The number of nitrogens with one attached hydrogen (secondary N) is 1. The van der Waals surface area contributed by atoms with Gasteiger partial charge < -0.3 is 14.9 Å². The topological polar surface area (TPSA) is 104 Å². The maximum Gasteiger partial charge on any atom is 0.267 e. The summed E-state index contributed by atoms with van der Waals surface area (Å²) < 4.78 is 30.7. The van der Waals surface area contributed by atoms with Gasteiger partial charge in [-0.25, -0.2) is 0 Å². The molecule has 24 heavy (non-hydrogen) atoms. The molecule has 0 aliphatic rings. The maximum atomic E-state index is 11.7. The summed E-state index contributed by atoms with van der Waals surface area (Å²) in [5.74, 6) is -0.577. The molecule has 0 bridgehead atoms. The zero-order valence-electron chi connectivity index (χ0n) is 15.3. The number of amides is 1. The molecule has 3 N–H and O–H groups in total. The van der Waals surface area contributed by atoms with E-state index in [1.54, 1.807) is 0 Å². The van der Waals surface area contributed by atoms with Gasteiger partial charge in [-0.3, -0.25) is 9.35 Å². The zero-order chi connectivity index (χ0) is 18.6.